The van der Waals surface area contributed by atoms with Gasteiger partial charge in [-0.25, -0.2) is 4.98 Å². The van der Waals surface area contributed by atoms with E-state index >= 15 is 0 Å². The third kappa shape index (κ3) is 2.91. The lowest BCUT2D eigenvalue weighted by Crippen LogP contribution is -2.22. The smallest absolute Gasteiger partial charge is 0.276 e. The van der Waals surface area contributed by atoms with Gasteiger partial charge in [-0.3, -0.25) is 10.1 Å². The molecule has 0 radical (unpaired) electrons. The van der Waals surface area contributed by atoms with E-state index in [1.165, 1.54) is 12.1 Å². The summed E-state index contributed by atoms with van der Waals surface area (Å²) in [5.74, 6) is 0.781. The van der Waals surface area contributed by atoms with Crippen LogP contribution in [0.25, 0.3) is 0 Å². The normalized spacial score (nSPS) is 22.6. The Kier molecular flexibility index (Phi) is 3.82. The Hall–Kier alpha value is -1.93. The molecule has 0 amide bonds. The topological polar surface area (TPSA) is 112 Å². The molecule has 104 valence electrons. The molecule has 0 spiro atoms. The maximum atomic E-state index is 10.9. The summed E-state index contributed by atoms with van der Waals surface area (Å²) in [6.45, 7) is 2.88. The zero-order chi connectivity index (χ0) is 14.0. The molecule has 2 atom stereocenters. The first-order chi connectivity index (χ1) is 9.01. The monoisotopic (exact) mass is 268 g/mol. The van der Waals surface area contributed by atoms with Crippen LogP contribution >= 0.6 is 0 Å². The fraction of sp³-hybridized carbons (Fsp3) is 0.545. The van der Waals surface area contributed by atoms with Crippen molar-refractivity contribution >= 4 is 17.3 Å². The summed E-state index contributed by atoms with van der Waals surface area (Å²) < 4.78 is 0. The summed E-state index contributed by atoms with van der Waals surface area (Å²) in [5, 5.41) is 32.8. The number of pyridine rings is 1. The number of β-amino-alcohol motifs (C(OH)–C–C–N with tert-alkyl or cyclic N) is 2. The SMILES string of the molecule is CCNc1cc([N+](=O)[O-])cc(N2CC(O)C(O)C2)n1. The third-order valence-corrected chi connectivity index (χ3v) is 2.95. The first-order valence-corrected chi connectivity index (χ1v) is 6.02. The summed E-state index contributed by atoms with van der Waals surface area (Å²) in [7, 11) is 0. The van der Waals surface area contributed by atoms with E-state index in [4.69, 9.17) is 0 Å². The van der Waals surface area contributed by atoms with Gasteiger partial charge in [-0.15, -0.1) is 0 Å². The highest BCUT2D eigenvalue weighted by Crippen LogP contribution is 2.26. The minimum absolute atomic E-state index is 0.0724. The number of aliphatic hydroxyl groups excluding tert-OH is 2. The van der Waals surface area contributed by atoms with E-state index in [1.807, 2.05) is 6.92 Å². The van der Waals surface area contributed by atoms with Crippen LogP contribution in [0.5, 0.6) is 0 Å². The Balaban J connectivity index is 2.31. The predicted octanol–water partition coefficient (Wildman–Crippen LogP) is -0.0366. The van der Waals surface area contributed by atoms with E-state index < -0.39 is 17.1 Å². The summed E-state index contributed by atoms with van der Waals surface area (Å²) in [6, 6.07) is 2.70. The molecule has 3 N–H and O–H groups in total. The molecule has 2 unspecified atom stereocenters. The Morgan fingerprint density at radius 2 is 2.11 bits per heavy atom. The largest absolute Gasteiger partial charge is 0.389 e. The lowest BCUT2D eigenvalue weighted by Gasteiger charge is -2.17. The van der Waals surface area contributed by atoms with Gasteiger partial charge in [0, 0.05) is 19.6 Å². The van der Waals surface area contributed by atoms with Gasteiger partial charge < -0.3 is 20.4 Å². The van der Waals surface area contributed by atoms with Crippen LogP contribution in [0.4, 0.5) is 17.3 Å². The van der Waals surface area contributed by atoms with E-state index in [-0.39, 0.29) is 18.8 Å². The molecule has 0 saturated carbocycles. The summed E-state index contributed by atoms with van der Waals surface area (Å²) >= 11 is 0. The van der Waals surface area contributed by atoms with Crippen LogP contribution in [0, 0.1) is 10.1 Å². The van der Waals surface area contributed by atoms with Crippen molar-refractivity contribution in [2.45, 2.75) is 19.1 Å². The average molecular weight is 268 g/mol. The van der Waals surface area contributed by atoms with Gasteiger partial charge in [-0.1, -0.05) is 0 Å². The Morgan fingerprint density at radius 3 is 2.63 bits per heavy atom. The van der Waals surface area contributed by atoms with Gasteiger partial charge in [0.2, 0.25) is 0 Å². The minimum atomic E-state index is -0.858. The fourth-order valence-electron chi connectivity index (χ4n) is 2.00. The molecule has 8 nitrogen and oxygen atoms in total. The second-order valence-corrected chi connectivity index (χ2v) is 4.40. The molecule has 1 aliphatic heterocycles. The van der Waals surface area contributed by atoms with Crippen molar-refractivity contribution in [3.63, 3.8) is 0 Å². The van der Waals surface area contributed by atoms with Crippen molar-refractivity contribution < 1.29 is 15.1 Å². The van der Waals surface area contributed by atoms with Crippen molar-refractivity contribution in [2.24, 2.45) is 0 Å². The molecular weight excluding hydrogens is 252 g/mol. The highest BCUT2D eigenvalue weighted by atomic mass is 16.6. The number of rotatable bonds is 4. The lowest BCUT2D eigenvalue weighted by atomic mass is 10.3. The van der Waals surface area contributed by atoms with Crippen molar-refractivity contribution in [3.8, 4) is 0 Å². The highest BCUT2D eigenvalue weighted by molar-refractivity contribution is 5.56. The molecule has 0 bridgehead atoms. The first kappa shape index (κ1) is 13.5. The summed E-state index contributed by atoms with van der Waals surface area (Å²) in [6.07, 6.45) is -1.72. The van der Waals surface area contributed by atoms with E-state index in [2.05, 4.69) is 10.3 Å². The fourth-order valence-corrected chi connectivity index (χ4v) is 2.00. The Morgan fingerprint density at radius 1 is 1.47 bits per heavy atom. The molecular formula is C11H16N4O4. The van der Waals surface area contributed by atoms with Gasteiger partial charge in [0.05, 0.1) is 29.3 Å². The van der Waals surface area contributed by atoms with Crippen LogP contribution in [0.1, 0.15) is 6.92 Å². The molecule has 1 aromatic heterocycles. The van der Waals surface area contributed by atoms with Crippen LogP contribution in [-0.2, 0) is 0 Å². The molecule has 1 aromatic rings. The quantitative estimate of drug-likeness (QED) is 0.519. The molecule has 1 aliphatic rings. The van der Waals surface area contributed by atoms with Crippen molar-refractivity contribution in [3.05, 3.63) is 22.2 Å². The lowest BCUT2D eigenvalue weighted by molar-refractivity contribution is -0.384. The molecule has 8 heteroatoms. The number of hydrogen-bond donors (Lipinski definition) is 3. The Bertz CT molecular complexity index is 472. The second kappa shape index (κ2) is 5.37. The zero-order valence-electron chi connectivity index (χ0n) is 10.5. The number of nitro groups is 1. The average Bonchev–Trinajstić information content (AvgIpc) is 2.70. The molecule has 0 aromatic carbocycles. The number of nitrogens with zero attached hydrogens (tertiary/aromatic N) is 3. The van der Waals surface area contributed by atoms with E-state index in [9.17, 15) is 20.3 Å². The van der Waals surface area contributed by atoms with Crippen LogP contribution in [0.2, 0.25) is 0 Å². The molecule has 2 heterocycles. The first-order valence-electron chi connectivity index (χ1n) is 6.02. The molecule has 1 saturated heterocycles. The maximum absolute atomic E-state index is 10.9. The van der Waals surface area contributed by atoms with Crippen LogP contribution in [-0.4, -0.2) is 52.0 Å². The Labute approximate surface area is 109 Å². The van der Waals surface area contributed by atoms with Crippen molar-refractivity contribution in [2.75, 3.05) is 29.9 Å². The van der Waals surface area contributed by atoms with Gasteiger partial charge in [0.15, 0.2) is 0 Å². The van der Waals surface area contributed by atoms with E-state index in [0.29, 0.717) is 18.2 Å². The van der Waals surface area contributed by atoms with Crippen LogP contribution < -0.4 is 10.2 Å². The number of nitrogens with one attached hydrogen (secondary N) is 1. The van der Waals surface area contributed by atoms with E-state index in [1.54, 1.807) is 4.90 Å². The van der Waals surface area contributed by atoms with Gasteiger partial charge >= 0.3 is 0 Å². The van der Waals surface area contributed by atoms with Crippen LogP contribution in [0.3, 0.4) is 0 Å². The third-order valence-electron chi connectivity index (χ3n) is 2.95. The number of anilines is 2. The summed E-state index contributed by atoms with van der Waals surface area (Å²) in [5.41, 5.74) is -0.0724. The number of hydrogen-bond acceptors (Lipinski definition) is 7. The highest BCUT2D eigenvalue weighted by Gasteiger charge is 2.31. The molecule has 1 fully saturated rings. The van der Waals surface area contributed by atoms with E-state index in [0.717, 1.165) is 0 Å². The maximum Gasteiger partial charge on any atom is 0.276 e. The standard InChI is InChI=1S/C11H16N4O4/c1-2-12-10-3-7(15(18)19)4-11(13-10)14-5-8(16)9(17)6-14/h3-4,8-9,16-17H,2,5-6H2,1H3,(H,12,13). The zero-order valence-corrected chi connectivity index (χ0v) is 10.5. The van der Waals surface area contributed by atoms with Gasteiger partial charge in [-0.2, -0.15) is 0 Å². The molecule has 19 heavy (non-hydrogen) atoms. The molecule has 0 aliphatic carbocycles. The van der Waals surface area contributed by atoms with Gasteiger partial charge in [0.25, 0.3) is 5.69 Å². The summed E-state index contributed by atoms with van der Waals surface area (Å²) in [4.78, 5) is 16.3. The minimum Gasteiger partial charge on any atom is -0.389 e. The van der Waals surface area contributed by atoms with Crippen molar-refractivity contribution in [1.82, 2.24) is 4.98 Å². The van der Waals surface area contributed by atoms with Gasteiger partial charge in [-0.05, 0) is 6.92 Å². The second-order valence-electron chi connectivity index (χ2n) is 4.40. The van der Waals surface area contributed by atoms with Crippen molar-refractivity contribution in [1.29, 1.82) is 0 Å². The molecule has 2 rings (SSSR count). The number of aromatic nitrogens is 1. The number of aliphatic hydroxyl groups is 2. The van der Waals surface area contributed by atoms with Gasteiger partial charge in [0.1, 0.15) is 11.6 Å². The van der Waals surface area contributed by atoms with Crippen LogP contribution in [0.15, 0.2) is 12.1 Å². The predicted molar refractivity (Wildman–Crippen MR) is 69.3 cm³/mol.